The summed E-state index contributed by atoms with van der Waals surface area (Å²) in [4.78, 5) is 28.2. The summed E-state index contributed by atoms with van der Waals surface area (Å²) in [5.41, 5.74) is 2.99. The van der Waals surface area contributed by atoms with Crippen LogP contribution in [0.3, 0.4) is 0 Å². The molecule has 0 spiro atoms. The molecule has 0 unspecified atom stereocenters. The zero-order valence-corrected chi connectivity index (χ0v) is 17.9. The molecule has 0 saturated carbocycles. The predicted octanol–water partition coefficient (Wildman–Crippen LogP) is 1.62. The topological polar surface area (TPSA) is 118 Å². The Hall–Kier alpha value is -3.43. The fourth-order valence-corrected chi connectivity index (χ4v) is 2.72. The van der Waals surface area contributed by atoms with Gasteiger partial charge in [-0.25, -0.2) is 4.99 Å². The summed E-state index contributed by atoms with van der Waals surface area (Å²) in [6.07, 6.45) is 0.835. The van der Waals surface area contributed by atoms with Crippen molar-refractivity contribution >= 4 is 17.6 Å². The van der Waals surface area contributed by atoms with E-state index in [1.54, 1.807) is 26.2 Å². The lowest BCUT2D eigenvalue weighted by Gasteiger charge is -2.15. The Labute approximate surface area is 176 Å². The summed E-state index contributed by atoms with van der Waals surface area (Å²) < 4.78 is 1.97. The molecule has 1 heterocycles. The summed E-state index contributed by atoms with van der Waals surface area (Å²) in [5.74, 6) is 0.444. The van der Waals surface area contributed by atoms with E-state index < -0.39 is 4.92 Å². The number of benzene rings is 1. The largest absolute Gasteiger partial charge is 0.356 e. The number of hydrogen-bond acceptors (Lipinski definition) is 5. The number of non-ortho nitro benzene ring substituents is 1. The minimum Gasteiger partial charge on any atom is -0.356 e. The normalized spacial score (nSPS) is 11.3. The number of aliphatic imine (C=N–C) groups is 1. The highest BCUT2D eigenvalue weighted by Crippen LogP contribution is 2.12. The van der Waals surface area contributed by atoms with Gasteiger partial charge in [-0.2, -0.15) is 5.10 Å². The van der Waals surface area contributed by atoms with Gasteiger partial charge in [0, 0.05) is 45.0 Å². The van der Waals surface area contributed by atoms with Gasteiger partial charge in [-0.15, -0.1) is 0 Å². The van der Waals surface area contributed by atoms with Crippen LogP contribution in [0.2, 0.25) is 0 Å². The Morgan fingerprint density at radius 1 is 1.23 bits per heavy atom. The van der Waals surface area contributed by atoms with E-state index in [-0.39, 0.29) is 18.1 Å². The molecule has 0 fully saturated rings. The van der Waals surface area contributed by atoms with E-state index in [0.717, 1.165) is 29.9 Å². The minimum atomic E-state index is -0.433. The highest BCUT2D eigenvalue weighted by atomic mass is 16.6. The van der Waals surface area contributed by atoms with Gasteiger partial charge in [0.2, 0.25) is 5.91 Å². The third-order valence-corrected chi connectivity index (χ3v) is 4.42. The van der Waals surface area contributed by atoms with Gasteiger partial charge < -0.3 is 15.5 Å². The Kier molecular flexibility index (Phi) is 8.33. The number of aryl methyl sites for hydroxylation is 3. The molecule has 2 aromatic rings. The maximum atomic E-state index is 11.9. The molecule has 0 aliphatic carbocycles. The first kappa shape index (κ1) is 22.9. The summed E-state index contributed by atoms with van der Waals surface area (Å²) >= 11 is 0. The van der Waals surface area contributed by atoms with E-state index in [1.165, 1.54) is 17.0 Å². The molecule has 0 bridgehead atoms. The number of likely N-dealkylation sites (N-methyl/N-ethyl adjacent to an activating group) is 1. The number of nitro benzene ring substituents is 1. The first-order valence-corrected chi connectivity index (χ1v) is 9.73. The van der Waals surface area contributed by atoms with E-state index in [9.17, 15) is 14.9 Å². The Morgan fingerprint density at radius 2 is 1.93 bits per heavy atom. The third-order valence-electron chi connectivity index (χ3n) is 4.42. The van der Waals surface area contributed by atoms with E-state index in [0.29, 0.717) is 19.0 Å². The number of nitrogens with one attached hydrogen (secondary N) is 2. The average Bonchev–Trinajstić information content (AvgIpc) is 3.03. The van der Waals surface area contributed by atoms with Crippen molar-refractivity contribution in [2.75, 3.05) is 27.2 Å². The van der Waals surface area contributed by atoms with Crippen LogP contribution in [0.1, 0.15) is 23.4 Å². The van der Waals surface area contributed by atoms with Gasteiger partial charge in [0.15, 0.2) is 5.96 Å². The van der Waals surface area contributed by atoms with Crippen molar-refractivity contribution in [3.8, 4) is 0 Å². The van der Waals surface area contributed by atoms with Crippen LogP contribution < -0.4 is 10.6 Å². The molecule has 0 aliphatic heterocycles. The SMILES string of the molecule is Cc1cc(C)n(CCCNC(=NCc2ccc([N+](=O)[O-])cc2)NCC(=O)N(C)C)n1. The van der Waals surface area contributed by atoms with Gasteiger partial charge in [-0.1, -0.05) is 12.1 Å². The number of nitro groups is 1. The van der Waals surface area contributed by atoms with Crippen LogP contribution in [0.5, 0.6) is 0 Å². The van der Waals surface area contributed by atoms with Gasteiger partial charge in [0.25, 0.3) is 5.69 Å². The van der Waals surface area contributed by atoms with Gasteiger partial charge in [-0.3, -0.25) is 19.6 Å². The second kappa shape index (κ2) is 10.9. The zero-order chi connectivity index (χ0) is 22.1. The number of amides is 1. The van der Waals surface area contributed by atoms with Crippen LogP contribution in [-0.2, 0) is 17.9 Å². The number of carbonyl (C=O) groups excluding carboxylic acids is 1. The lowest BCUT2D eigenvalue weighted by molar-refractivity contribution is -0.384. The summed E-state index contributed by atoms with van der Waals surface area (Å²) in [7, 11) is 3.39. The van der Waals surface area contributed by atoms with E-state index in [1.807, 2.05) is 24.6 Å². The quantitative estimate of drug-likeness (QED) is 0.211. The standard InChI is InChI=1S/C20H29N7O3/c1-15-12-16(2)26(24-15)11-5-10-21-20(23-14-19(28)25(3)4)22-13-17-6-8-18(9-7-17)27(29)30/h6-9,12H,5,10-11,13-14H2,1-4H3,(H2,21,22,23). The molecule has 0 atom stereocenters. The van der Waals surface area contributed by atoms with Crippen LogP contribution >= 0.6 is 0 Å². The maximum Gasteiger partial charge on any atom is 0.269 e. The Balaban J connectivity index is 1.94. The van der Waals surface area contributed by atoms with Crippen molar-refractivity contribution in [3.05, 3.63) is 57.4 Å². The predicted molar refractivity (Wildman–Crippen MR) is 115 cm³/mol. The highest BCUT2D eigenvalue weighted by Gasteiger charge is 2.07. The third kappa shape index (κ3) is 7.19. The molecule has 10 nitrogen and oxygen atoms in total. The van der Waals surface area contributed by atoms with Crippen molar-refractivity contribution < 1.29 is 9.72 Å². The number of aromatic nitrogens is 2. The molecule has 0 radical (unpaired) electrons. The van der Waals surface area contributed by atoms with E-state index in [4.69, 9.17) is 0 Å². The van der Waals surface area contributed by atoms with Crippen molar-refractivity contribution in [3.63, 3.8) is 0 Å². The smallest absolute Gasteiger partial charge is 0.269 e. The van der Waals surface area contributed by atoms with Crippen LogP contribution in [0.15, 0.2) is 35.3 Å². The molecule has 10 heteroatoms. The van der Waals surface area contributed by atoms with Gasteiger partial charge >= 0.3 is 0 Å². The van der Waals surface area contributed by atoms with Crippen molar-refractivity contribution in [2.45, 2.75) is 33.4 Å². The molecule has 30 heavy (non-hydrogen) atoms. The molecular formula is C20H29N7O3. The number of nitrogens with zero attached hydrogens (tertiary/aromatic N) is 5. The molecule has 162 valence electrons. The first-order chi connectivity index (χ1) is 14.3. The van der Waals surface area contributed by atoms with Gasteiger partial charge in [-0.05, 0) is 31.9 Å². The maximum absolute atomic E-state index is 11.9. The molecular weight excluding hydrogens is 386 g/mol. The van der Waals surface area contributed by atoms with Crippen LogP contribution in [0.25, 0.3) is 0 Å². The molecule has 1 aromatic carbocycles. The lowest BCUT2D eigenvalue weighted by Crippen LogP contribution is -2.43. The molecule has 1 amide bonds. The van der Waals surface area contributed by atoms with Crippen molar-refractivity contribution in [2.24, 2.45) is 4.99 Å². The average molecular weight is 415 g/mol. The minimum absolute atomic E-state index is 0.0416. The number of carbonyl (C=O) groups is 1. The molecule has 0 saturated heterocycles. The van der Waals surface area contributed by atoms with Crippen LogP contribution in [0, 0.1) is 24.0 Å². The Bertz CT molecular complexity index is 888. The highest BCUT2D eigenvalue weighted by molar-refractivity contribution is 5.86. The first-order valence-electron chi connectivity index (χ1n) is 9.73. The van der Waals surface area contributed by atoms with Crippen molar-refractivity contribution in [1.29, 1.82) is 0 Å². The van der Waals surface area contributed by atoms with E-state index >= 15 is 0 Å². The monoisotopic (exact) mass is 415 g/mol. The summed E-state index contributed by atoms with van der Waals surface area (Å²) in [6, 6.07) is 8.30. The number of hydrogen-bond donors (Lipinski definition) is 2. The zero-order valence-electron chi connectivity index (χ0n) is 17.9. The van der Waals surface area contributed by atoms with E-state index in [2.05, 4.69) is 20.7 Å². The van der Waals surface area contributed by atoms with Crippen LogP contribution in [-0.4, -0.2) is 58.7 Å². The fraction of sp³-hybridized carbons (Fsp3) is 0.450. The number of rotatable bonds is 9. The van der Waals surface area contributed by atoms with Gasteiger partial charge in [0.05, 0.1) is 23.7 Å². The lowest BCUT2D eigenvalue weighted by atomic mass is 10.2. The Morgan fingerprint density at radius 3 is 2.50 bits per heavy atom. The fourth-order valence-electron chi connectivity index (χ4n) is 2.72. The van der Waals surface area contributed by atoms with Crippen molar-refractivity contribution in [1.82, 2.24) is 25.3 Å². The molecule has 0 aliphatic rings. The molecule has 2 N–H and O–H groups in total. The summed E-state index contributed by atoms with van der Waals surface area (Å²) in [5, 5.41) is 21.5. The second-order valence-corrected chi connectivity index (χ2v) is 7.16. The molecule has 2 rings (SSSR count). The van der Waals surface area contributed by atoms with Gasteiger partial charge in [0.1, 0.15) is 0 Å². The number of guanidine groups is 1. The van der Waals surface area contributed by atoms with Crippen LogP contribution in [0.4, 0.5) is 5.69 Å². The molecule has 1 aromatic heterocycles. The summed E-state index contributed by atoms with van der Waals surface area (Å²) in [6.45, 7) is 5.88. The second-order valence-electron chi connectivity index (χ2n) is 7.16.